The number of benzene rings is 3. The maximum Gasteiger partial charge on any atom is 0.308 e. The van der Waals surface area contributed by atoms with E-state index in [1.807, 2.05) is 94.4 Å². The number of nitrogens with zero attached hydrogens (tertiary/aromatic N) is 3. The van der Waals surface area contributed by atoms with Crippen LogP contribution in [0.25, 0.3) is 0 Å². The number of hydrogen-bond donors (Lipinski definition) is 3. The van der Waals surface area contributed by atoms with Crippen molar-refractivity contribution in [1.29, 1.82) is 0 Å². The van der Waals surface area contributed by atoms with Gasteiger partial charge < -0.3 is 46.5 Å². The zero-order valence-corrected chi connectivity index (χ0v) is 42.7. The second kappa shape index (κ2) is 26.6. The van der Waals surface area contributed by atoms with E-state index in [4.69, 9.17) is 18.9 Å². The Labute approximate surface area is 423 Å². The highest BCUT2D eigenvalue weighted by Gasteiger charge is 2.50. The molecule has 5 atom stereocenters. The fourth-order valence-corrected chi connectivity index (χ4v) is 9.15. The monoisotopic (exact) mass is 998 g/mol. The Morgan fingerprint density at radius 2 is 1.41 bits per heavy atom. The van der Waals surface area contributed by atoms with Crippen molar-refractivity contribution in [3.05, 3.63) is 107 Å². The Kier molecular flexibility index (Phi) is 21.0. The van der Waals surface area contributed by atoms with Crippen LogP contribution in [0.1, 0.15) is 96.0 Å². The molecule has 0 spiro atoms. The third-order valence-electron chi connectivity index (χ3n) is 13.0. The van der Waals surface area contributed by atoms with Crippen LogP contribution in [-0.4, -0.2) is 112 Å². The smallest absolute Gasteiger partial charge is 0.308 e. The topological polar surface area (TPSA) is 208 Å². The lowest BCUT2D eigenvalue weighted by Gasteiger charge is -2.41. The van der Waals surface area contributed by atoms with Gasteiger partial charge in [-0.25, -0.2) is 0 Å². The number of rotatable bonds is 28. The number of epoxide rings is 1. The minimum Gasteiger partial charge on any atom is -1.00 e. The lowest BCUT2D eigenvalue weighted by molar-refractivity contribution is -0.940. The summed E-state index contributed by atoms with van der Waals surface area (Å²) in [6.07, 6.45) is 3.22. The normalized spacial score (nSPS) is 17.7. The molecule has 6 rings (SSSR count). The van der Waals surface area contributed by atoms with Crippen LogP contribution in [0, 0.1) is 23.7 Å². The maximum absolute atomic E-state index is 14.7. The molecule has 17 heteroatoms. The number of aromatic amines is 1. The van der Waals surface area contributed by atoms with Gasteiger partial charge in [0, 0.05) is 37.2 Å². The largest absolute Gasteiger partial charge is 1.00 e. The molecule has 1 aromatic heterocycles. The van der Waals surface area contributed by atoms with Gasteiger partial charge in [-0.15, -0.1) is 0 Å². The number of morpholine rings is 1. The van der Waals surface area contributed by atoms with Crippen molar-refractivity contribution in [3.8, 4) is 11.5 Å². The second-order valence-electron chi connectivity index (χ2n) is 20.1. The highest BCUT2D eigenvalue weighted by atomic mass is 35.5. The van der Waals surface area contributed by atoms with Crippen molar-refractivity contribution >= 4 is 35.1 Å². The molecule has 0 radical (unpaired) electrons. The van der Waals surface area contributed by atoms with Crippen molar-refractivity contribution in [1.82, 2.24) is 26.0 Å². The van der Waals surface area contributed by atoms with E-state index in [1.54, 1.807) is 19.1 Å². The maximum atomic E-state index is 14.7. The standard InChI is InChI=1S/C54H70N6O10.ClH/c1-36(2)25-46(48(63)30-43(27-40-15-11-8-12-16-40)53(66)57-47(26-37(3)4)51(64)54(6)35-69-54)56-52(65)42(19-17-39-13-9-7-10-14-39)29-45(62)33-60(21-23-67-24-22-60)32-41-18-20-49(70-38(5)61)50(28-41)68-34-44-31-55-59-58-44;/h7-16,18,20,28,31,36-37,42-43,46-47H,17,19,21-27,29-30,32-35H2,1-6H3,(H2-,55,56,57,58,59,65,66);1H/t42-,43-,46+,47+,54-;/m1./s1. The molecule has 3 aromatic carbocycles. The number of halogens is 1. The van der Waals surface area contributed by atoms with Crippen LogP contribution in [-0.2, 0) is 64.2 Å². The highest BCUT2D eigenvalue weighted by molar-refractivity contribution is 5.98. The van der Waals surface area contributed by atoms with Crippen LogP contribution in [0.5, 0.6) is 11.5 Å². The molecule has 0 bridgehead atoms. The van der Waals surface area contributed by atoms with Gasteiger partial charge in [-0.2, -0.15) is 15.4 Å². The van der Waals surface area contributed by atoms with E-state index < -0.39 is 47.3 Å². The average Bonchev–Trinajstić information content (AvgIpc) is 3.85. The van der Waals surface area contributed by atoms with Crippen molar-refractivity contribution < 1.29 is 64.6 Å². The number of ether oxygens (including phenoxy) is 4. The molecule has 3 N–H and O–H groups in total. The highest BCUT2D eigenvalue weighted by Crippen LogP contribution is 2.33. The summed E-state index contributed by atoms with van der Waals surface area (Å²) in [5.41, 5.74) is 2.35. The quantitative estimate of drug-likeness (QED) is 0.0325. The molecule has 2 fully saturated rings. The van der Waals surface area contributed by atoms with Crippen LogP contribution in [0.4, 0.5) is 0 Å². The molecule has 384 valence electrons. The van der Waals surface area contributed by atoms with Gasteiger partial charge in [0.2, 0.25) is 11.8 Å². The van der Waals surface area contributed by atoms with Crippen LogP contribution >= 0.6 is 0 Å². The van der Waals surface area contributed by atoms with E-state index in [-0.39, 0.29) is 79.8 Å². The summed E-state index contributed by atoms with van der Waals surface area (Å²) in [5, 5.41) is 16.5. The number of ketones is 3. The number of aromatic nitrogens is 3. The molecule has 0 saturated carbocycles. The SMILES string of the molecule is CC(=O)Oc1ccc(C[N+]2(CC(=O)C[C@@H](CCc3ccccc3)C(=O)N[C@@H](CC(C)C)C(=O)C[C@@H](Cc3ccccc3)C(=O)N[C@@H](CC(C)C)C(=O)[C@@]3(C)CO3)CCOCC2)cc1OCc1cn[nH]n1.[Cl-]. The van der Waals surface area contributed by atoms with Crippen molar-refractivity contribution in [3.63, 3.8) is 0 Å². The number of esters is 1. The number of carbonyl (C=O) groups is 6. The number of H-pyrrole nitrogens is 1. The molecule has 0 aliphatic carbocycles. The molecule has 3 heterocycles. The second-order valence-corrected chi connectivity index (χ2v) is 20.1. The first-order valence-electron chi connectivity index (χ1n) is 24.6. The van der Waals surface area contributed by atoms with Crippen molar-refractivity contribution in [2.45, 2.75) is 117 Å². The third kappa shape index (κ3) is 17.5. The predicted molar refractivity (Wildman–Crippen MR) is 261 cm³/mol. The molecule has 4 aromatic rings. The summed E-state index contributed by atoms with van der Waals surface area (Å²) in [6, 6.07) is 22.9. The summed E-state index contributed by atoms with van der Waals surface area (Å²) in [7, 11) is 0. The van der Waals surface area contributed by atoms with E-state index >= 15 is 0 Å². The van der Waals surface area contributed by atoms with E-state index in [2.05, 4.69) is 26.0 Å². The van der Waals surface area contributed by atoms with Gasteiger partial charge in [0.1, 0.15) is 44.1 Å². The van der Waals surface area contributed by atoms with E-state index in [0.29, 0.717) is 81.1 Å². The third-order valence-corrected chi connectivity index (χ3v) is 13.0. The Morgan fingerprint density at radius 3 is 2.01 bits per heavy atom. The van der Waals surface area contributed by atoms with Gasteiger partial charge in [-0.05, 0) is 80.2 Å². The number of quaternary nitrogens is 1. The van der Waals surface area contributed by atoms with Crippen LogP contribution < -0.4 is 32.5 Å². The molecule has 2 aliphatic rings. The van der Waals surface area contributed by atoms with Gasteiger partial charge in [0.25, 0.3) is 0 Å². The average molecular weight is 1000 g/mol. The Balaban J connectivity index is 0.00000937. The van der Waals surface area contributed by atoms with Gasteiger partial charge in [-0.1, -0.05) is 88.4 Å². The summed E-state index contributed by atoms with van der Waals surface area (Å²) >= 11 is 0. The number of aryl methyl sites for hydroxylation is 1. The van der Waals surface area contributed by atoms with E-state index in [9.17, 15) is 28.8 Å². The fourth-order valence-electron chi connectivity index (χ4n) is 9.15. The molecule has 0 unspecified atom stereocenters. The number of amides is 2. The fraction of sp³-hybridized carbons (Fsp3) is 0.519. The van der Waals surface area contributed by atoms with E-state index in [1.165, 1.54) is 13.1 Å². The zero-order chi connectivity index (χ0) is 50.3. The van der Waals surface area contributed by atoms with Gasteiger partial charge in [0.15, 0.2) is 28.8 Å². The minimum absolute atomic E-state index is 0. The van der Waals surface area contributed by atoms with Gasteiger partial charge >= 0.3 is 5.97 Å². The molecular formula is C54H71ClN6O10. The summed E-state index contributed by atoms with van der Waals surface area (Å²) in [6.45, 7) is 13.9. The first-order valence-corrected chi connectivity index (χ1v) is 24.6. The van der Waals surface area contributed by atoms with Gasteiger partial charge in [-0.3, -0.25) is 28.8 Å². The summed E-state index contributed by atoms with van der Waals surface area (Å²) < 4.78 is 23.1. The molecule has 71 heavy (non-hydrogen) atoms. The minimum atomic E-state index is -0.938. The lowest BCUT2D eigenvalue weighted by Crippen LogP contribution is -3.00. The number of nitrogens with one attached hydrogen (secondary N) is 3. The Bertz CT molecular complexity index is 2370. The summed E-state index contributed by atoms with van der Waals surface area (Å²) in [5.74, 6) is -2.75. The molecular weight excluding hydrogens is 928 g/mol. The van der Waals surface area contributed by atoms with Crippen LogP contribution in [0.2, 0.25) is 0 Å². The molecule has 2 amide bonds. The number of hydrogen-bond acceptors (Lipinski definition) is 12. The molecule has 2 aliphatic heterocycles. The van der Waals surface area contributed by atoms with Crippen molar-refractivity contribution in [2.24, 2.45) is 23.7 Å². The lowest BCUT2D eigenvalue weighted by atomic mass is 9.87. The van der Waals surface area contributed by atoms with Crippen LogP contribution in [0.15, 0.2) is 85.1 Å². The zero-order valence-electron chi connectivity index (χ0n) is 42.0. The Hall–Kier alpha value is -5.81. The Morgan fingerprint density at radius 1 is 0.789 bits per heavy atom. The predicted octanol–water partition coefficient (Wildman–Crippen LogP) is 3.11. The molecule has 16 nitrogen and oxygen atoms in total. The first-order chi connectivity index (χ1) is 33.5. The number of carbonyl (C=O) groups excluding carboxylic acids is 6. The van der Waals surface area contributed by atoms with Crippen molar-refractivity contribution in [2.75, 3.05) is 39.5 Å². The summed E-state index contributed by atoms with van der Waals surface area (Å²) in [4.78, 5) is 83.5. The van der Waals surface area contributed by atoms with Gasteiger partial charge in [0.05, 0.1) is 38.1 Å². The van der Waals surface area contributed by atoms with E-state index in [0.717, 1.165) is 16.7 Å². The molecule has 2 saturated heterocycles. The van der Waals surface area contributed by atoms with Crippen LogP contribution in [0.3, 0.4) is 0 Å². The number of Topliss-reactive ketones (excluding diaryl/α,β-unsaturated/α-hetero) is 3. The first kappa shape index (κ1) is 56.1.